The minimum Gasteiger partial charge on any atom is -0.491 e. The second-order valence-corrected chi connectivity index (χ2v) is 13.2. The molecule has 2 N–H and O–H groups in total. The number of nitrogens with zero attached hydrogens (tertiary/aromatic N) is 6. The number of nitrogens with one attached hydrogen (secondary N) is 2. The fourth-order valence-corrected chi connectivity index (χ4v) is 6.68. The molecule has 2 amide bonds. The quantitative estimate of drug-likeness (QED) is 0.109. The maximum absolute atomic E-state index is 15.2. The van der Waals surface area contributed by atoms with Crippen LogP contribution in [0.5, 0.6) is 5.75 Å². The molecule has 2 saturated heterocycles. The number of aromatic nitrogens is 3. The van der Waals surface area contributed by atoms with E-state index >= 15 is 4.39 Å². The van der Waals surface area contributed by atoms with E-state index < -0.39 is 23.5 Å². The van der Waals surface area contributed by atoms with Crippen LogP contribution in [0.3, 0.4) is 0 Å². The van der Waals surface area contributed by atoms with Crippen molar-refractivity contribution in [2.45, 2.75) is 44.7 Å². The summed E-state index contributed by atoms with van der Waals surface area (Å²) in [5, 5.41) is 18.9. The molecule has 4 aromatic carbocycles. The molecule has 1 aromatic heterocycles. The van der Waals surface area contributed by atoms with Gasteiger partial charge in [0, 0.05) is 60.9 Å². The van der Waals surface area contributed by atoms with Crippen molar-refractivity contribution in [3.05, 3.63) is 108 Å². The molecule has 0 aliphatic carbocycles. The number of benzene rings is 4. The number of hydrogen-bond acceptors (Lipinski definition) is 9. The number of carbonyl (C=O) groups is 1. The van der Waals surface area contributed by atoms with Crippen LogP contribution in [0.2, 0.25) is 0 Å². The van der Waals surface area contributed by atoms with E-state index in [0.717, 1.165) is 61.9 Å². The predicted octanol–water partition coefficient (Wildman–Crippen LogP) is 6.62. The van der Waals surface area contributed by atoms with Crippen LogP contribution in [-0.2, 0) is 21.8 Å². The van der Waals surface area contributed by atoms with E-state index in [9.17, 15) is 9.18 Å². The molecule has 2 fully saturated rings. The first-order chi connectivity index (χ1) is 25.7. The minimum atomic E-state index is -1.57. The first-order valence-electron chi connectivity index (χ1n) is 17.7. The van der Waals surface area contributed by atoms with Gasteiger partial charge in [0.1, 0.15) is 42.2 Å². The van der Waals surface area contributed by atoms with Crippen molar-refractivity contribution >= 4 is 40.5 Å². The Balaban J connectivity index is 0.929. The van der Waals surface area contributed by atoms with Crippen molar-refractivity contribution < 1.29 is 27.8 Å². The SMILES string of the molecule is CCC(C)N(C=N)C(=O)Nc1ccc(N2CCN(c3ccc(OC[C@@H]4CO[C@@](Cn5nnc6ccccc65)(c5ccc(F)cc5F)O4)cc3)CC2)cc1. The van der Waals surface area contributed by atoms with Crippen molar-refractivity contribution in [3.8, 4) is 5.75 Å². The summed E-state index contributed by atoms with van der Waals surface area (Å²) < 4.78 is 49.3. The van der Waals surface area contributed by atoms with Gasteiger partial charge >= 0.3 is 6.03 Å². The van der Waals surface area contributed by atoms with E-state index in [2.05, 4.69) is 25.4 Å². The number of para-hydroxylation sites is 1. The Hall–Kier alpha value is -5.60. The summed E-state index contributed by atoms with van der Waals surface area (Å²) in [6, 6.07) is 26.0. The maximum atomic E-state index is 15.2. The smallest absolute Gasteiger partial charge is 0.327 e. The fraction of sp³-hybridized carbons (Fsp3) is 0.333. The number of hydrogen-bond donors (Lipinski definition) is 2. The van der Waals surface area contributed by atoms with Gasteiger partial charge in [-0.15, -0.1) is 5.10 Å². The van der Waals surface area contributed by atoms with E-state index in [1.807, 2.05) is 86.6 Å². The highest BCUT2D eigenvalue weighted by Gasteiger charge is 2.46. The van der Waals surface area contributed by atoms with E-state index in [0.29, 0.717) is 17.0 Å². The lowest BCUT2D eigenvalue weighted by atomic mass is 10.0. The number of rotatable bonds is 12. The molecule has 7 rings (SSSR count). The topological polar surface area (TPSA) is 121 Å². The number of halogens is 2. The molecule has 5 aromatic rings. The summed E-state index contributed by atoms with van der Waals surface area (Å²) in [6.45, 7) is 7.51. The average Bonchev–Trinajstić information content (AvgIpc) is 3.79. The lowest BCUT2D eigenvalue weighted by molar-refractivity contribution is -0.192. The van der Waals surface area contributed by atoms with Crippen molar-refractivity contribution in [3.63, 3.8) is 0 Å². The number of piperazine rings is 1. The van der Waals surface area contributed by atoms with Gasteiger partial charge in [0.2, 0.25) is 5.79 Å². The molecule has 53 heavy (non-hydrogen) atoms. The lowest BCUT2D eigenvalue weighted by Crippen LogP contribution is -2.46. The van der Waals surface area contributed by atoms with Gasteiger partial charge < -0.3 is 29.3 Å². The van der Waals surface area contributed by atoms with E-state index in [4.69, 9.17) is 19.6 Å². The summed E-state index contributed by atoms with van der Waals surface area (Å²) in [5.74, 6) is -2.38. The number of anilines is 3. The molecule has 2 aliphatic heterocycles. The van der Waals surface area contributed by atoms with Gasteiger partial charge in [-0.2, -0.15) is 0 Å². The standard InChI is InChI=1S/C39H42F2N8O4/c1-3-27(2)48(26-42)38(50)43-29-9-11-30(12-10-29)46-18-20-47(21-19-46)31-13-15-32(16-14-31)51-23-33-24-52-39(53-33,34-17-8-28(40)22-35(34)41)25-49-37-7-5-4-6-36(37)44-45-49/h4-17,22,26-27,33,42H,3,18-21,23-25H2,1-2H3,(H,43,50)/t27?,33-,39-/m1/s1. The Morgan fingerprint density at radius 2 is 1.70 bits per heavy atom. The van der Waals surface area contributed by atoms with Crippen molar-refractivity contribution in [2.24, 2.45) is 0 Å². The number of ether oxygens (including phenoxy) is 3. The number of urea groups is 1. The van der Waals surface area contributed by atoms with E-state index in [1.165, 1.54) is 17.0 Å². The molecule has 2 aliphatic rings. The zero-order chi connectivity index (χ0) is 37.0. The van der Waals surface area contributed by atoms with Gasteiger partial charge in [-0.1, -0.05) is 24.3 Å². The molecular weight excluding hydrogens is 682 g/mol. The van der Waals surface area contributed by atoms with Crippen LogP contribution in [0.1, 0.15) is 25.8 Å². The van der Waals surface area contributed by atoms with Gasteiger partial charge in [-0.05, 0) is 86.1 Å². The fourth-order valence-electron chi connectivity index (χ4n) is 6.68. The number of amides is 2. The van der Waals surface area contributed by atoms with Gasteiger partial charge in [0.15, 0.2) is 0 Å². The molecule has 0 saturated carbocycles. The molecule has 12 nitrogen and oxygen atoms in total. The Bertz CT molecular complexity index is 2040. The van der Waals surface area contributed by atoms with Crippen LogP contribution in [0, 0.1) is 17.0 Å². The van der Waals surface area contributed by atoms with Crippen LogP contribution < -0.4 is 19.9 Å². The van der Waals surface area contributed by atoms with Gasteiger partial charge in [-0.25, -0.2) is 18.3 Å². The van der Waals surface area contributed by atoms with Crippen LogP contribution >= 0.6 is 0 Å². The summed E-state index contributed by atoms with van der Waals surface area (Å²) in [7, 11) is 0. The average molecular weight is 725 g/mol. The Morgan fingerprint density at radius 3 is 2.36 bits per heavy atom. The van der Waals surface area contributed by atoms with Gasteiger partial charge in [0.25, 0.3) is 0 Å². The van der Waals surface area contributed by atoms with Gasteiger partial charge in [-0.3, -0.25) is 10.3 Å². The molecule has 3 heterocycles. The zero-order valence-electron chi connectivity index (χ0n) is 29.6. The number of carbonyl (C=O) groups excluding carboxylic acids is 1. The first kappa shape index (κ1) is 35.8. The molecule has 14 heteroatoms. The second-order valence-electron chi connectivity index (χ2n) is 13.2. The Morgan fingerprint density at radius 1 is 1.02 bits per heavy atom. The largest absolute Gasteiger partial charge is 0.491 e. The molecule has 0 radical (unpaired) electrons. The van der Waals surface area contributed by atoms with Crippen molar-refractivity contribution in [1.82, 2.24) is 19.9 Å². The summed E-state index contributed by atoms with van der Waals surface area (Å²) in [5.41, 5.74) is 4.32. The van der Waals surface area contributed by atoms with E-state index in [-0.39, 0.29) is 37.4 Å². The van der Waals surface area contributed by atoms with Crippen LogP contribution in [0.25, 0.3) is 11.0 Å². The summed E-state index contributed by atoms with van der Waals surface area (Å²) >= 11 is 0. The highest BCUT2D eigenvalue weighted by molar-refractivity contribution is 5.96. The molecule has 3 atom stereocenters. The normalized spacial score (nSPS) is 19.3. The second kappa shape index (κ2) is 15.6. The highest BCUT2D eigenvalue weighted by atomic mass is 19.1. The Labute approximate surface area is 306 Å². The molecule has 0 bridgehead atoms. The predicted molar refractivity (Wildman–Crippen MR) is 199 cm³/mol. The first-order valence-corrected chi connectivity index (χ1v) is 17.7. The molecule has 276 valence electrons. The molecular formula is C39H42F2N8O4. The monoisotopic (exact) mass is 724 g/mol. The number of fused-ring (bicyclic) bond motifs is 1. The highest BCUT2D eigenvalue weighted by Crippen LogP contribution is 2.38. The third-order valence-corrected chi connectivity index (χ3v) is 9.82. The van der Waals surface area contributed by atoms with Crippen LogP contribution in [0.4, 0.5) is 30.6 Å². The zero-order valence-corrected chi connectivity index (χ0v) is 29.6. The lowest BCUT2D eigenvalue weighted by Gasteiger charge is -2.37. The summed E-state index contributed by atoms with van der Waals surface area (Å²) in [6.07, 6.45) is 1.29. The van der Waals surface area contributed by atoms with E-state index in [1.54, 1.807) is 4.68 Å². The van der Waals surface area contributed by atoms with Crippen LogP contribution in [-0.4, -0.2) is 83.8 Å². The maximum Gasteiger partial charge on any atom is 0.327 e. The summed E-state index contributed by atoms with van der Waals surface area (Å²) in [4.78, 5) is 18.6. The molecule has 1 unspecified atom stereocenters. The molecule has 0 spiro atoms. The van der Waals surface area contributed by atoms with Crippen LogP contribution in [0.15, 0.2) is 91.0 Å². The third-order valence-electron chi connectivity index (χ3n) is 9.82. The third kappa shape index (κ3) is 7.78. The van der Waals surface area contributed by atoms with Crippen molar-refractivity contribution in [2.75, 3.05) is 54.5 Å². The Kier molecular flexibility index (Phi) is 10.5. The van der Waals surface area contributed by atoms with Crippen molar-refractivity contribution in [1.29, 1.82) is 5.41 Å². The minimum absolute atomic E-state index is 0.00170. The van der Waals surface area contributed by atoms with Gasteiger partial charge in [0.05, 0.1) is 18.5 Å².